The molecule has 1 heterocycles. The number of nitrogens with one attached hydrogen (secondary N) is 1. The average molecular weight is 350 g/mol. The van der Waals surface area contributed by atoms with E-state index in [-0.39, 0.29) is 18.3 Å². The van der Waals surface area contributed by atoms with E-state index in [2.05, 4.69) is 21.2 Å². The van der Waals surface area contributed by atoms with E-state index in [9.17, 15) is 4.79 Å². The number of carbonyl (C=O) groups is 1. The first-order valence-electron chi connectivity index (χ1n) is 6.01. The number of rotatable bonds is 3. The number of nitrogens with two attached hydrogens (primary N) is 1. The Hall–Kier alpha value is -0.620. The predicted molar refractivity (Wildman–Crippen MR) is 81.6 cm³/mol. The lowest BCUT2D eigenvalue weighted by Crippen LogP contribution is -2.46. The molecule has 0 atom stereocenters. The molecular weight excluding hydrogens is 332 g/mol. The van der Waals surface area contributed by atoms with Gasteiger partial charge in [-0.1, -0.05) is 22.0 Å². The summed E-state index contributed by atoms with van der Waals surface area (Å²) in [6.07, 6.45) is 1.37. The topological polar surface area (TPSA) is 64.4 Å². The minimum Gasteiger partial charge on any atom is -0.381 e. The van der Waals surface area contributed by atoms with Crippen LogP contribution in [0.5, 0.6) is 0 Å². The summed E-state index contributed by atoms with van der Waals surface area (Å²) in [6, 6.07) is 7.55. The Balaban J connectivity index is 0.00000180. The molecular formula is C13H18BrClN2O2. The molecule has 0 unspecified atom stereocenters. The first kappa shape index (κ1) is 16.4. The highest BCUT2D eigenvalue weighted by Gasteiger charge is 2.38. The molecule has 1 aliphatic heterocycles. The fourth-order valence-electron chi connectivity index (χ4n) is 2.12. The lowest BCUT2D eigenvalue weighted by atomic mass is 9.79. The Bertz CT molecular complexity index is 436. The first-order chi connectivity index (χ1) is 8.66. The van der Waals surface area contributed by atoms with E-state index in [1.54, 1.807) is 0 Å². The fourth-order valence-corrected chi connectivity index (χ4v) is 2.52. The summed E-state index contributed by atoms with van der Waals surface area (Å²) < 4.78 is 6.24. The van der Waals surface area contributed by atoms with Crippen molar-refractivity contribution in [1.29, 1.82) is 0 Å². The number of benzene rings is 1. The zero-order valence-corrected chi connectivity index (χ0v) is 12.9. The Labute approximate surface area is 127 Å². The average Bonchev–Trinajstić information content (AvgIpc) is 2.39. The van der Waals surface area contributed by atoms with Gasteiger partial charge in [-0.3, -0.25) is 4.79 Å². The van der Waals surface area contributed by atoms with Crippen LogP contribution in [0, 0.1) is 5.41 Å². The van der Waals surface area contributed by atoms with Gasteiger partial charge in [-0.2, -0.15) is 0 Å². The van der Waals surface area contributed by atoms with E-state index in [0.29, 0.717) is 32.6 Å². The third kappa shape index (κ3) is 3.92. The van der Waals surface area contributed by atoms with Crippen LogP contribution in [0.25, 0.3) is 0 Å². The summed E-state index contributed by atoms with van der Waals surface area (Å²) in [6.45, 7) is 1.56. The van der Waals surface area contributed by atoms with Crippen molar-refractivity contribution in [1.82, 2.24) is 0 Å². The minimum absolute atomic E-state index is 0. The van der Waals surface area contributed by atoms with Gasteiger partial charge < -0.3 is 15.8 Å². The number of carbonyl (C=O) groups excluding carboxylic acids is 1. The van der Waals surface area contributed by atoms with E-state index in [0.717, 1.165) is 10.2 Å². The Morgan fingerprint density at radius 1 is 1.42 bits per heavy atom. The van der Waals surface area contributed by atoms with Crippen LogP contribution in [0.15, 0.2) is 28.7 Å². The quantitative estimate of drug-likeness (QED) is 0.881. The van der Waals surface area contributed by atoms with Crippen LogP contribution in [0.3, 0.4) is 0 Å². The van der Waals surface area contributed by atoms with Crippen LogP contribution < -0.4 is 11.1 Å². The minimum atomic E-state index is -0.486. The summed E-state index contributed by atoms with van der Waals surface area (Å²) in [7, 11) is 0. The van der Waals surface area contributed by atoms with E-state index >= 15 is 0 Å². The zero-order chi connectivity index (χ0) is 13.0. The molecule has 19 heavy (non-hydrogen) atoms. The summed E-state index contributed by atoms with van der Waals surface area (Å²) in [5.74, 6) is -0.00796. The molecule has 1 aromatic carbocycles. The van der Waals surface area contributed by atoms with Crippen molar-refractivity contribution in [3.63, 3.8) is 0 Å². The molecule has 106 valence electrons. The Morgan fingerprint density at radius 3 is 2.68 bits per heavy atom. The van der Waals surface area contributed by atoms with Gasteiger partial charge >= 0.3 is 0 Å². The normalized spacial score (nSPS) is 17.4. The monoisotopic (exact) mass is 348 g/mol. The highest BCUT2D eigenvalue weighted by Crippen LogP contribution is 2.31. The molecule has 0 radical (unpaired) electrons. The fraction of sp³-hybridized carbons (Fsp3) is 0.462. The maximum absolute atomic E-state index is 12.4. The summed E-state index contributed by atoms with van der Waals surface area (Å²) in [4.78, 5) is 12.4. The van der Waals surface area contributed by atoms with Gasteiger partial charge in [0, 0.05) is 29.9 Å². The van der Waals surface area contributed by atoms with Crippen LogP contribution in [0.2, 0.25) is 0 Å². The second kappa shape index (κ2) is 7.24. The highest BCUT2D eigenvalue weighted by atomic mass is 79.9. The lowest BCUT2D eigenvalue weighted by molar-refractivity contribution is -0.130. The lowest BCUT2D eigenvalue weighted by Gasteiger charge is -2.34. The molecule has 3 N–H and O–H groups in total. The first-order valence-corrected chi connectivity index (χ1v) is 6.80. The second-order valence-corrected chi connectivity index (χ2v) is 5.48. The maximum atomic E-state index is 12.4. The van der Waals surface area contributed by atoms with Crippen molar-refractivity contribution in [3.8, 4) is 0 Å². The number of hydrogen-bond donors (Lipinski definition) is 2. The Morgan fingerprint density at radius 2 is 2.11 bits per heavy atom. The molecule has 0 aromatic heterocycles. The third-order valence-corrected chi connectivity index (χ3v) is 3.90. The molecule has 6 heteroatoms. The van der Waals surface area contributed by atoms with E-state index < -0.39 is 5.41 Å². The predicted octanol–water partition coefficient (Wildman–Crippen LogP) is 2.56. The smallest absolute Gasteiger partial charge is 0.232 e. The maximum Gasteiger partial charge on any atom is 0.232 e. The summed E-state index contributed by atoms with van der Waals surface area (Å²) >= 11 is 3.38. The van der Waals surface area contributed by atoms with Crippen LogP contribution in [0.4, 0.5) is 5.69 Å². The molecule has 4 nitrogen and oxygen atoms in total. The summed E-state index contributed by atoms with van der Waals surface area (Å²) in [5.41, 5.74) is 6.10. The molecule has 0 saturated carbocycles. The van der Waals surface area contributed by atoms with Crippen LogP contribution >= 0.6 is 28.3 Å². The van der Waals surface area contributed by atoms with Crippen molar-refractivity contribution in [2.24, 2.45) is 11.1 Å². The molecule has 1 aromatic rings. The number of ether oxygens (including phenoxy) is 1. The highest BCUT2D eigenvalue weighted by molar-refractivity contribution is 9.10. The van der Waals surface area contributed by atoms with Crippen LogP contribution in [-0.4, -0.2) is 25.7 Å². The Kier molecular flexibility index (Phi) is 6.26. The molecule has 1 amide bonds. The SMILES string of the molecule is Cl.NCC1(C(=O)Nc2cccc(Br)c2)CCOCC1. The van der Waals surface area contributed by atoms with Crippen molar-refractivity contribution in [2.75, 3.05) is 25.1 Å². The van der Waals surface area contributed by atoms with Crippen molar-refractivity contribution in [2.45, 2.75) is 12.8 Å². The second-order valence-electron chi connectivity index (χ2n) is 4.56. The van der Waals surface area contributed by atoms with Crippen molar-refractivity contribution < 1.29 is 9.53 Å². The van der Waals surface area contributed by atoms with Gasteiger partial charge in [0.05, 0.1) is 5.41 Å². The zero-order valence-electron chi connectivity index (χ0n) is 10.5. The van der Waals surface area contributed by atoms with Gasteiger partial charge in [-0.15, -0.1) is 12.4 Å². The third-order valence-electron chi connectivity index (χ3n) is 3.40. The van der Waals surface area contributed by atoms with Crippen LogP contribution in [0.1, 0.15) is 12.8 Å². The van der Waals surface area contributed by atoms with E-state index in [4.69, 9.17) is 10.5 Å². The van der Waals surface area contributed by atoms with E-state index in [1.807, 2.05) is 24.3 Å². The molecule has 0 aliphatic carbocycles. The molecule has 0 spiro atoms. The molecule has 1 fully saturated rings. The largest absolute Gasteiger partial charge is 0.381 e. The van der Waals surface area contributed by atoms with E-state index in [1.165, 1.54) is 0 Å². The molecule has 1 saturated heterocycles. The van der Waals surface area contributed by atoms with Crippen LogP contribution in [-0.2, 0) is 9.53 Å². The van der Waals surface area contributed by atoms with Gasteiger partial charge in [-0.25, -0.2) is 0 Å². The van der Waals surface area contributed by atoms with Gasteiger partial charge in [0.25, 0.3) is 0 Å². The van der Waals surface area contributed by atoms with Gasteiger partial charge in [0.1, 0.15) is 0 Å². The van der Waals surface area contributed by atoms with Gasteiger partial charge in [0.2, 0.25) is 5.91 Å². The summed E-state index contributed by atoms with van der Waals surface area (Å²) in [5, 5.41) is 2.94. The molecule has 0 bridgehead atoms. The number of hydrogen-bond acceptors (Lipinski definition) is 3. The standard InChI is InChI=1S/C13H17BrN2O2.ClH/c14-10-2-1-3-11(8-10)16-12(17)13(9-15)4-6-18-7-5-13;/h1-3,8H,4-7,9,15H2,(H,16,17);1H. The molecule has 1 aliphatic rings. The molecule has 2 rings (SSSR count). The van der Waals surface area contributed by atoms with Crippen molar-refractivity contribution >= 4 is 39.9 Å². The number of amides is 1. The van der Waals surface area contributed by atoms with Gasteiger partial charge in [-0.05, 0) is 31.0 Å². The number of anilines is 1. The van der Waals surface area contributed by atoms with Gasteiger partial charge in [0.15, 0.2) is 0 Å². The van der Waals surface area contributed by atoms with Crippen molar-refractivity contribution in [3.05, 3.63) is 28.7 Å². The number of halogens is 2.